The van der Waals surface area contributed by atoms with Gasteiger partial charge in [0, 0.05) is 6.07 Å². The lowest BCUT2D eigenvalue weighted by Gasteiger charge is -2.38. The molecule has 0 radical (unpaired) electrons. The maximum Gasteiger partial charge on any atom is 0.135 e. The summed E-state index contributed by atoms with van der Waals surface area (Å²) in [5.41, 5.74) is 4.78. The number of rotatable bonds is 5. The molecule has 0 atom stereocenters. The fourth-order valence-corrected chi connectivity index (χ4v) is 4.88. The van der Waals surface area contributed by atoms with Crippen LogP contribution in [0.25, 0.3) is 11.0 Å². The van der Waals surface area contributed by atoms with Crippen LogP contribution in [-0.4, -0.2) is 16.7 Å². The van der Waals surface area contributed by atoms with Gasteiger partial charge in [0.05, 0.1) is 28.9 Å². The summed E-state index contributed by atoms with van der Waals surface area (Å²) in [5, 5.41) is 0. The third-order valence-electron chi connectivity index (χ3n) is 5.76. The van der Waals surface area contributed by atoms with Gasteiger partial charge in [-0.3, -0.25) is 0 Å². The Kier molecular flexibility index (Phi) is 5.08. The summed E-state index contributed by atoms with van der Waals surface area (Å²) in [6, 6.07) is 35.8. The van der Waals surface area contributed by atoms with Crippen LogP contribution in [0.2, 0.25) is 0 Å². The molecule has 1 aromatic heterocycles. The zero-order chi connectivity index (χ0) is 21.3. The molecule has 0 fully saturated rings. The molecule has 3 nitrogen and oxygen atoms in total. The van der Waals surface area contributed by atoms with Crippen molar-refractivity contribution in [2.24, 2.45) is 0 Å². The lowest BCUT2D eigenvalue weighted by atomic mass is 9.76. The summed E-state index contributed by atoms with van der Waals surface area (Å²) in [6.07, 6.45) is 1.93. The van der Waals surface area contributed by atoms with E-state index in [-0.39, 0.29) is 0 Å². The predicted octanol–water partition coefficient (Wildman–Crippen LogP) is 6.65. The second kappa shape index (κ2) is 8.05. The van der Waals surface area contributed by atoms with Gasteiger partial charge in [-0.2, -0.15) is 0 Å². The predicted molar refractivity (Wildman–Crippen MR) is 129 cm³/mol. The Labute approximate surface area is 190 Å². The Bertz CT molecular complexity index is 1220. The highest BCUT2D eigenvalue weighted by Gasteiger charge is 2.39. The number of methoxy groups -OCH3 is 1. The molecule has 4 aromatic carbocycles. The van der Waals surface area contributed by atoms with E-state index in [9.17, 15) is 0 Å². The average Bonchev–Trinajstić information content (AvgIpc) is 3.24. The van der Waals surface area contributed by atoms with Gasteiger partial charge < -0.3 is 9.30 Å². The molecule has 0 saturated heterocycles. The third kappa shape index (κ3) is 3.15. The van der Waals surface area contributed by atoms with Crippen molar-refractivity contribution in [3.05, 3.63) is 131 Å². The molecule has 4 heteroatoms. The van der Waals surface area contributed by atoms with Gasteiger partial charge in [-0.25, -0.2) is 4.98 Å². The smallest absolute Gasteiger partial charge is 0.135 e. The minimum atomic E-state index is -0.600. The SMILES string of the molecule is COc1cc2c(cc1Br)ncn2C(c1ccccc1)(c1ccccc1)c1ccccc1. The summed E-state index contributed by atoms with van der Waals surface area (Å²) in [6.45, 7) is 0. The Morgan fingerprint density at radius 1 is 0.742 bits per heavy atom. The molecule has 152 valence electrons. The highest BCUT2D eigenvalue weighted by molar-refractivity contribution is 9.10. The number of fused-ring (bicyclic) bond motifs is 1. The molecule has 5 rings (SSSR count). The average molecular weight is 469 g/mol. The van der Waals surface area contributed by atoms with E-state index in [1.165, 1.54) is 0 Å². The number of benzene rings is 4. The molecule has 0 bridgehead atoms. The highest BCUT2D eigenvalue weighted by atomic mass is 79.9. The number of ether oxygens (including phenoxy) is 1. The van der Waals surface area contributed by atoms with Crippen LogP contribution in [0.3, 0.4) is 0 Å². The molecule has 0 N–H and O–H groups in total. The topological polar surface area (TPSA) is 27.1 Å². The van der Waals surface area contributed by atoms with E-state index in [0.717, 1.165) is 37.9 Å². The van der Waals surface area contributed by atoms with Gasteiger partial charge in [-0.05, 0) is 38.7 Å². The fraction of sp³-hybridized carbons (Fsp3) is 0.0741. The van der Waals surface area contributed by atoms with Gasteiger partial charge in [0.15, 0.2) is 0 Å². The molecule has 0 aliphatic carbocycles. The number of nitrogens with zero attached hydrogens (tertiary/aromatic N) is 2. The zero-order valence-electron chi connectivity index (χ0n) is 17.1. The summed E-state index contributed by atoms with van der Waals surface area (Å²) in [5.74, 6) is 0.775. The van der Waals surface area contributed by atoms with Gasteiger partial charge in [0.25, 0.3) is 0 Å². The monoisotopic (exact) mass is 468 g/mol. The first-order valence-electron chi connectivity index (χ1n) is 10.1. The molecule has 0 unspecified atom stereocenters. The summed E-state index contributed by atoms with van der Waals surface area (Å²) in [7, 11) is 1.69. The Hall–Kier alpha value is -3.37. The van der Waals surface area contributed by atoms with Gasteiger partial charge in [-0.1, -0.05) is 91.0 Å². The van der Waals surface area contributed by atoms with E-state index in [0.29, 0.717) is 0 Å². The molecular weight excluding hydrogens is 448 g/mol. The summed E-state index contributed by atoms with van der Waals surface area (Å²) in [4.78, 5) is 4.77. The zero-order valence-corrected chi connectivity index (χ0v) is 18.7. The molecule has 0 spiro atoms. The normalized spacial score (nSPS) is 11.5. The lowest BCUT2D eigenvalue weighted by molar-refractivity contribution is 0.412. The lowest BCUT2D eigenvalue weighted by Crippen LogP contribution is -2.37. The van der Waals surface area contributed by atoms with Gasteiger partial charge in [-0.15, -0.1) is 0 Å². The van der Waals surface area contributed by atoms with Crippen molar-refractivity contribution in [2.45, 2.75) is 5.54 Å². The minimum absolute atomic E-state index is 0.600. The van der Waals surface area contributed by atoms with Crippen LogP contribution in [0.1, 0.15) is 16.7 Å². The minimum Gasteiger partial charge on any atom is -0.495 e. The van der Waals surface area contributed by atoms with Crippen molar-refractivity contribution in [2.75, 3.05) is 7.11 Å². The number of hydrogen-bond acceptors (Lipinski definition) is 2. The van der Waals surface area contributed by atoms with Crippen molar-refractivity contribution in [1.29, 1.82) is 0 Å². The van der Waals surface area contributed by atoms with Crippen LogP contribution >= 0.6 is 15.9 Å². The Morgan fingerprint density at radius 3 is 1.68 bits per heavy atom. The van der Waals surface area contributed by atoms with E-state index >= 15 is 0 Å². The van der Waals surface area contributed by atoms with Crippen molar-refractivity contribution in [3.63, 3.8) is 0 Å². The molecule has 31 heavy (non-hydrogen) atoms. The van der Waals surface area contributed by atoms with Gasteiger partial charge in [0.2, 0.25) is 0 Å². The second-order valence-corrected chi connectivity index (χ2v) is 8.25. The van der Waals surface area contributed by atoms with Crippen LogP contribution in [0, 0.1) is 0 Å². The van der Waals surface area contributed by atoms with Gasteiger partial charge >= 0.3 is 0 Å². The first kappa shape index (κ1) is 19.6. The molecule has 0 aliphatic rings. The van der Waals surface area contributed by atoms with Crippen LogP contribution in [0.4, 0.5) is 0 Å². The fourth-order valence-electron chi connectivity index (χ4n) is 4.39. The molecule has 0 aliphatic heterocycles. The largest absolute Gasteiger partial charge is 0.495 e. The van der Waals surface area contributed by atoms with Crippen LogP contribution < -0.4 is 4.74 Å². The van der Waals surface area contributed by atoms with Crippen molar-refractivity contribution in [1.82, 2.24) is 9.55 Å². The molecule has 0 amide bonds. The number of aromatic nitrogens is 2. The number of hydrogen-bond donors (Lipinski definition) is 0. The third-order valence-corrected chi connectivity index (χ3v) is 6.38. The van der Waals surface area contributed by atoms with E-state index in [1.807, 2.05) is 12.4 Å². The second-order valence-electron chi connectivity index (χ2n) is 7.40. The van der Waals surface area contributed by atoms with Crippen LogP contribution in [-0.2, 0) is 5.54 Å². The van der Waals surface area contributed by atoms with Crippen LogP contribution in [0.15, 0.2) is 114 Å². The first-order valence-corrected chi connectivity index (χ1v) is 10.9. The van der Waals surface area contributed by atoms with E-state index in [4.69, 9.17) is 9.72 Å². The van der Waals surface area contributed by atoms with Crippen LogP contribution in [0.5, 0.6) is 5.75 Å². The molecule has 1 heterocycles. The quantitative estimate of drug-likeness (QED) is 0.270. The molecule has 5 aromatic rings. The number of imidazole rings is 1. The van der Waals surface area contributed by atoms with E-state index < -0.39 is 5.54 Å². The summed E-state index contributed by atoms with van der Waals surface area (Å²) < 4.78 is 8.77. The first-order chi connectivity index (χ1) is 15.2. The standard InChI is InChI=1S/C27H21BrN2O/c1-31-26-18-25-24(17-23(26)28)29-19-30(25)27(20-11-5-2-6-12-20,21-13-7-3-8-14-21)22-15-9-4-10-16-22/h2-19H,1H3. The summed E-state index contributed by atoms with van der Waals surface area (Å²) >= 11 is 3.60. The number of halogens is 1. The maximum absolute atomic E-state index is 5.62. The Morgan fingerprint density at radius 2 is 1.23 bits per heavy atom. The highest BCUT2D eigenvalue weighted by Crippen LogP contribution is 2.43. The van der Waals surface area contributed by atoms with Gasteiger partial charge in [0.1, 0.15) is 11.3 Å². The van der Waals surface area contributed by atoms with Crippen molar-refractivity contribution >= 4 is 27.0 Å². The molecule has 0 saturated carbocycles. The Balaban J connectivity index is 1.95. The molecular formula is C27H21BrN2O. The van der Waals surface area contributed by atoms with E-state index in [2.05, 4.69) is 118 Å². The van der Waals surface area contributed by atoms with Crippen molar-refractivity contribution in [3.8, 4) is 5.75 Å². The van der Waals surface area contributed by atoms with Crippen molar-refractivity contribution < 1.29 is 4.74 Å². The van der Waals surface area contributed by atoms with E-state index in [1.54, 1.807) is 7.11 Å². The maximum atomic E-state index is 5.62.